The molecule has 0 radical (unpaired) electrons. The lowest BCUT2D eigenvalue weighted by Crippen LogP contribution is -2.60. The Kier molecular flexibility index (Phi) is 6.15. The van der Waals surface area contributed by atoms with Crippen LogP contribution >= 0.6 is 0 Å². The van der Waals surface area contributed by atoms with Gasteiger partial charge in [-0.2, -0.15) is 0 Å². The average Bonchev–Trinajstić information content (AvgIpc) is 2.79. The number of aromatic hydroxyl groups is 3. The molecule has 1 fully saturated rings. The summed E-state index contributed by atoms with van der Waals surface area (Å²) in [4.78, 5) is 0. The summed E-state index contributed by atoms with van der Waals surface area (Å²) in [5, 5.41) is 70.0. The zero-order chi connectivity index (χ0) is 23.9. The van der Waals surface area contributed by atoms with Crippen LogP contribution < -0.4 is 9.47 Å². The predicted molar refractivity (Wildman–Crippen MR) is 112 cm³/mol. The molecule has 1 saturated heterocycles. The summed E-state index contributed by atoms with van der Waals surface area (Å²) in [6, 6.07) is 8.02. The van der Waals surface area contributed by atoms with Gasteiger partial charge in [0.05, 0.1) is 25.3 Å². The summed E-state index contributed by atoms with van der Waals surface area (Å²) >= 11 is 0. The van der Waals surface area contributed by atoms with E-state index in [0.717, 1.165) is 6.07 Å². The highest BCUT2D eigenvalue weighted by Crippen LogP contribution is 2.42. The van der Waals surface area contributed by atoms with Gasteiger partial charge >= 0.3 is 11.3 Å². The molecule has 4 rings (SSSR count). The Labute approximate surface area is 186 Å². The second kappa shape index (κ2) is 8.89. The molecule has 176 valence electrons. The van der Waals surface area contributed by atoms with Gasteiger partial charge in [-0.3, -0.25) is 0 Å². The van der Waals surface area contributed by atoms with E-state index in [1.165, 1.54) is 37.4 Å². The second-order valence-electron chi connectivity index (χ2n) is 7.52. The SMILES string of the molecule is COc1cc(-c2[o+]c3cc(O)cc(O)c3cc2O[C@H]2O[C@H](CO)[C@@H](O)[C@H](O)[C@H]2O)ccc1O. The van der Waals surface area contributed by atoms with Gasteiger partial charge in [-0.05, 0) is 12.1 Å². The highest BCUT2D eigenvalue weighted by molar-refractivity contribution is 5.88. The van der Waals surface area contributed by atoms with Gasteiger partial charge in [-0.25, -0.2) is 4.42 Å². The van der Waals surface area contributed by atoms with E-state index in [1.807, 2.05) is 0 Å². The van der Waals surface area contributed by atoms with E-state index in [-0.39, 0.29) is 45.5 Å². The van der Waals surface area contributed by atoms with Crippen LogP contribution in [0.5, 0.6) is 28.7 Å². The molecule has 1 aromatic heterocycles. The van der Waals surface area contributed by atoms with E-state index in [0.29, 0.717) is 5.56 Å². The van der Waals surface area contributed by atoms with Crippen molar-refractivity contribution in [2.45, 2.75) is 30.7 Å². The first-order valence-corrected chi connectivity index (χ1v) is 9.91. The molecule has 3 aromatic rings. The van der Waals surface area contributed by atoms with Gasteiger partial charge < -0.3 is 50.0 Å². The van der Waals surface area contributed by atoms with Crippen molar-refractivity contribution in [3.05, 3.63) is 36.4 Å². The average molecular weight is 463 g/mol. The number of methoxy groups -OCH3 is 1. The molecule has 33 heavy (non-hydrogen) atoms. The number of phenols is 3. The van der Waals surface area contributed by atoms with Gasteiger partial charge in [-0.15, -0.1) is 0 Å². The van der Waals surface area contributed by atoms with Crippen molar-refractivity contribution in [2.75, 3.05) is 13.7 Å². The quantitative estimate of drug-likeness (QED) is 0.264. The fourth-order valence-corrected chi connectivity index (χ4v) is 3.58. The van der Waals surface area contributed by atoms with Gasteiger partial charge in [0, 0.05) is 18.2 Å². The fraction of sp³-hybridized carbons (Fsp3) is 0.318. The van der Waals surface area contributed by atoms with Crippen molar-refractivity contribution in [2.24, 2.45) is 0 Å². The molecular weight excluding hydrogens is 440 g/mol. The van der Waals surface area contributed by atoms with E-state index < -0.39 is 37.3 Å². The third-order valence-corrected chi connectivity index (χ3v) is 5.35. The number of rotatable bonds is 5. The van der Waals surface area contributed by atoms with E-state index in [2.05, 4.69) is 0 Å². The molecule has 11 heteroatoms. The van der Waals surface area contributed by atoms with Crippen molar-refractivity contribution in [1.29, 1.82) is 0 Å². The summed E-state index contributed by atoms with van der Waals surface area (Å²) in [5.74, 6) is -0.583. The first kappa shape index (κ1) is 22.8. The summed E-state index contributed by atoms with van der Waals surface area (Å²) < 4.78 is 22.2. The van der Waals surface area contributed by atoms with Crippen LogP contribution in [0.3, 0.4) is 0 Å². The number of aliphatic hydroxyl groups excluding tert-OH is 4. The Morgan fingerprint density at radius 2 is 1.67 bits per heavy atom. The smallest absolute Gasteiger partial charge is 0.402 e. The molecule has 0 amide bonds. The number of ether oxygens (including phenoxy) is 3. The lowest BCUT2D eigenvalue weighted by Gasteiger charge is -2.39. The molecule has 2 heterocycles. The molecule has 0 spiro atoms. The van der Waals surface area contributed by atoms with Crippen LogP contribution in [0.1, 0.15) is 0 Å². The predicted octanol–water partition coefficient (Wildman–Crippen LogP) is 0.685. The third kappa shape index (κ3) is 4.19. The monoisotopic (exact) mass is 463 g/mol. The second-order valence-corrected chi connectivity index (χ2v) is 7.52. The standard InChI is InChI=1S/C22H22O11/c1-30-15-4-9(2-3-12(15)25)21-16(7-11-13(26)5-10(24)6-14(11)31-21)32-22-20(29)19(28)18(27)17(8-23)33-22/h2-7,17-20,22-23,27-29H,8H2,1H3,(H2-,24,25,26)/p+1/t17-,18-,19+,20-,22+/m1/s1. The van der Waals surface area contributed by atoms with Crippen molar-refractivity contribution in [3.63, 3.8) is 0 Å². The number of benzene rings is 2. The summed E-state index contributed by atoms with van der Waals surface area (Å²) in [6.07, 6.45) is -7.65. The molecular formula is C22H23O11+. The lowest BCUT2D eigenvalue weighted by molar-refractivity contribution is -0.277. The van der Waals surface area contributed by atoms with Crippen LogP contribution in [0.4, 0.5) is 0 Å². The molecule has 1 aliphatic heterocycles. The van der Waals surface area contributed by atoms with Crippen molar-refractivity contribution >= 4 is 11.0 Å². The number of hydrogen-bond donors (Lipinski definition) is 7. The Hall–Kier alpha value is -3.35. The number of fused-ring (bicyclic) bond motifs is 1. The Morgan fingerprint density at radius 1 is 0.909 bits per heavy atom. The molecule has 2 aromatic carbocycles. The van der Waals surface area contributed by atoms with Crippen molar-refractivity contribution in [1.82, 2.24) is 0 Å². The molecule has 7 N–H and O–H groups in total. The Balaban J connectivity index is 1.84. The van der Waals surface area contributed by atoms with Crippen molar-refractivity contribution in [3.8, 4) is 40.1 Å². The first-order chi connectivity index (χ1) is 15.7. The van der Waals surface area contributed by atoms with Gasteiger partial charge in [0.1, 0.15) is 41.3 Å². The van der Waals surface area contributed by atoms with E-state index >= 15 is 0 Å². The summed E-state index contributed by atoms with van der Waals surface area (Å²) in [5.41, 5.74) is 0.449. The van der Waals surface area contributed by atoms with E-state index in [9.17, 15) is 35.7 Å². The van der Waals surface area contributed by atoms with E-state index in [1.54, 1.807) is 0 Å². The number of phenolic OH excluding ortho intramolecular Hbond substituents is 3. The van der Waals surface area contributed by atoms with E-state index in [4.69, 9.17) is 18.6 Å². The largest absolute Gasteiger partial charge is 0.507 e. The molecule has 0 saturated carbocycles. The molecule has 11 nitrogen and oxygen atoms in total. The van der Waals surface area contributed by atoms with Crippen LogP contribution in [0, 0.1) is 0 Å². The zero-order valence-electron chi connectivity index (χ0n) is 17.3. The van der Waals surface area contributed by atoms with Crippen LogP contribution in [0.2, 0.25) is 0 Å². The Bertz CT molecular complexity index is 1160. The first-order valence-electron chi connectivity index (χ1n) is 9.91. The van der Waals surface area contributed by atoms with Gasteiger partial charge in [0.15, 0.2) is 11.5 Å². The highest BCUT2D eigenvalue weighted by atomic mass is 16.7. The molecule has 0 unspecified atom stereocenters. The van der Waals surface area contributed by atoms with Crippen LogP contribution in [0.15, 0.2) is 40.8 Å². The van der Waals surface area contributed by atoms with Gasteiger partial charge in [0.25, 0.3) is 0 Å². The minimum absolute atomic E-state index is 0.0442. The lowest BCUT2D eigenvalue weighted by atomic mass is 9.99. The molecule has 5 atom stereocenters. The number of aliphatic hydroxyl groups is 4. The van der Waals surface area contributed by atoms with Crippen molar-refractivity contribution < 1.29 is 54.4 Å². The maximum Gasteiger partial charge on any atom is 0.402 e. The molecule has 0 bridgehead atoms. The zero-order valence-corrected chi connectivity index (χ0v) is 17.3. The third-order valence-electron chi connectivity index (χ3n) is 5.35. The van der Waals surface area contributed by atoms with Gasteiger partial charge in [0.2, 0.25) is 12.0 Å². The topological polar surface area (TPSA) is 181 Å². The molecule has 1 aliphatic rings. The number of hydrogen-bond acceptors (Lipinski definition) is 10. The maximum absolute atomic E-state index is 10.4. The summed E-state index contributed by atoms with van der Waals surface area (Å²) in [6.45, 7) is -0.644. The van der Waals surface area contributed by atoms with Gasteiger partial charge in [-0.1, -0.05) is 0 Å². The summed E-state index contributed by atoms with van der Waals surface area (Å²) in [7, 11) is 1.36. The normalized spacial score (nSPS) is 25.2. The Morgan fingerprint density at radius 3 is 2.36 bits per heavy atom. The minimum Gasteiger partial charge on any atom is -0.507 e. The van der Waals surface area contributed by atoms with Crippen LogP contribution in [0.25, 0.3) is 22.3 Å². The van der Waals surface area contributed by atoms with Crippen LogP contribution in [-0.4, -0.2) is 80.2 Å². The van der Waals surface area contributed by atoms with Crippen LogP contribution in [-0.2, 0) is 4.74 Å². The molecule has 0 aliphatic carbocycles. The minimum atomic E-state index is -1.69. The highest BCUT2D eigenvalue weighted by Gasteiger charge is 2.45. The fourth-order valence-electron chi connectivity index (χ4n) is 3.58. The maximum atomic E-state index is 10.4.